The molecule has 2 aromatic heterocycles. The molecular formula is C12H16N2OS. The third kappa shape index (κ3) is 1.78. The highest BCUT2D eigenvalue weighted by Crippen LogP contribution is 2.27. The van der Waals surface area contributed by atoms with Gasteiger partial charge in [0, 0.05) is 11.3 Å². The topological polar surface area (TPSA) is 45.8 Å². The van der Waals surface area contributed by atoms with Crippen LogP contribution in [0, 0.1) is 6.92 Å². The zero-order valence-corrected chi connectivity index (χ0v) is 10.7. The maximum atomic E-state index is 12.0. The second kappa shape index (κ2) is 4.37. The first-order valence-corrected chi connectivity index (χ1v) is 6.50. The summed E-state index contributed by atoms with van der Waals surface area (Å²) >= 11 is 1.63. The Morgan fingerprint density at radius 3 is 2.75 bits per heavy atom. The summed E-state index contributed by atoms with van der Waals surface area (Å²) in [5.74, 6) is 0.809. The molecule has 0 aliphatic heterocycles. The minimum Gasteiger partial charge on any atom is -0.310 e. The van der Waals surface area contributed by atoms with E-state index in [0.29, 0.717) is 0 Å². The number of nitrogens with zero attached hydrogens (tertiary/aromatic N) is 1. The van der Waals surface area contributed by atoms with Crippen LogP contribution in [-0.4, -0.2) is 9.97 Å². The van der Waals surface area contributed by atoms with Crippen molar-refractivity contribution < 1.29 is 0 Å². The van der Waals surface area contributed by atoms with Crippen LogP contribution in [0.1, 0.15) is 36.5 Å². The summed E-state index contributed by atoms with van der Waals surface area (Å²) in [5.41, 5.74) is 1.17. The third-order valence-electron chi connectivity index (χ3n) is 2.75. The first-order valence-electron chi connectivity index (χ1n) is 5.68. The molecule has 0 saturated carbocycles. The lowest BCUT2D eigenvalue weighted by atomic mass is 10.1. The number of H-pyrrole nitrogens is 1. The average molecular weight is 236 g/mol. The highest BCUT2D eigenvalue weighted by atomic mass is 32.1. The second-order valence-electron chi connectivity index (χ2n) is 3.93. The maximum absolute atomic E-state index is 12.0. The van der Waals surface area contributed by atoms with Gasteiger partial charge in [0.15, 0.2) is 0 Å². The van der Waals surface area contributed by atoms with Gasteiger partial charge in [-0.25, -0.2) is 4.98 Å². The monoisotopic (exact) mass is 236 g/mol. The van der Waals surface area contributed by atoms with E-state index in [0.717, 1.165) is 40.9 Å². The minimum absolute atomic E-state index is 0.0228. The van der Waals surface area contributed by atoms with Crippen LogP contribution in [0.2, 0.25) is 0 Å². The molecule has 0 fully saturated rings. The molecule has 0 bridgehead atoms. The van der Waals surface area contributed by atoms with Crippen LogP contribution in [-0.2, 0) is 12.8 Å². The largest absolute Gasteiger partial charge is 0.310 e. The highest BCUT2D eigenvalue weighted by molar-refractivity contribution is 7.18. The molecule has 86 valence electrons. The van der Waals surface area contributed by atoms with Gasteiger partial charge in [0.05, 0.1) is 5.39 Å². The van der Waals surface area contributed by atoms with Gasteiger partial charge in [0.2, 0.25) is 0 Å². The van der Waals surface area contributed by atoms with E-state index in [1.165, 1.54) is 4.88 Å². The molecule has 0 atom stereocenters. The van der Waals surface area contributed by atoms with Gasteiger partial charge >= 0.3 is 0 Å². The van der Waals surface area contributed by atoms with E-state index in [4.69, 9.17) is 0 Å². The summed E-state index contributed by atoms with van der Waals surface area (Å²) in [7, 11) is 0. The minimum atomic E-state index is 0.0228. The Morgan fingerprint density at radius 1 is 1.38 bits per heavy atom. The quantitative estimate of drug-likeness (QED) is 0.890. The molecule has 0 aromatic carbocycles. The van der Waals surface area contributed by atoms with Gasteiger partial charge in [-0.2, -0.15) is 0 Å². The Balaban J connectivity index is 2.71. The average Bonchev–Trinajstić information content (AvgIpc) is 2.54. The second-order valence-corrected chi connectivity index (χ2v) is 5.14. The number of hydrogen-bond acceptors (Lipinski definition) is 3. The van der Waals surface area contributed by atoms with Crippen molar-refractivity contribution in [2.24, 2.45) is 0 Å². The highest BCUT2D eigenvalue weighted by Gasteiger charge is 2.12. The fourth-order valence-electron chi connectivity index (χ4n) is 2.00. The summed E-state index contributed by atoms with van der Waals surface area (Å²) < 4.78 is 0. The van der Waals surface area contributed by atoms with E-state index in [9.17, 15) is 4.79 Å². The lowest BCUT2D eigenvalue weighted by Gasteiger charge is -1.98. The number of aromatic nitrogens is 2. The number of hydrogen-bond donors (Lipinski definition) is 1. The summed E-state index contributed by atoms with van der Waals surface area (Å²) in [6, 6.07) is 0. The Labute approximate surface area is 98.5 Å². The smallest absolute Gasteiger partial charge is 0.259 e. The van der Waals surface area contributed by atoms with Gasteiger partial charge < -0.3 is 4.98 Å². The molecule has 0 aliphatic rings. The van der Waals surface area contributed by atoms with E-state index in [1.54, 1.807) is 11.3 Å². The number of nitrogens with one attached hydrogen (secondary N) is 1. The first kappa shape index (κ1) is 11.3. The van der Waals surface area contributed by atoms with Crippen LogP contribution in [0.25, 0.3) is 10.2 Å². The first-order chi connectivity index (χ1) is 7.67. The number of aryl methyl sites for hydroxylation is 3. The molecular weight excluding hydrogens is 220 g/mol. The Morgan fingerprint density at radius 2 is 2.12 bits per heavy atom. The van der Waals surface area contributed by atoms with E-state index in [-0.39, 0.29) is 5.56 Å². The van der Waals surface area contributed by atoms with Crippen molar-refractivity contribution in [1.82, 2.24) is 9.97 Å². The van der Waals surface area contributed by atoms with E-state index >= 15 is 0 Å². The Bertz CT molecular complexity index is 568. The third-order valence-corrected chi connectivity index (χ3v) is 3.79. The van der Waals surface area contributed by atoms with Crippen molar-refractivity contribution in [3.05, 3.63) is 26.6 Å². The predicted molar refractivity (Wildman–Crippen MR) is 68.4 cm³/mol. The molecule has 0 aliphatic carbocycles. The lowest BCUT2D eigenvalue weighted by Crippen LogP contribution is -2.11. The van der Waals surface area contributed by atoms with Crippen molar-refractivity contribution >= 4 is 21.6 Å². The van der Waals surface area contributed by atoms with Gasteiger partial charge in [0.25, 0.3) is 5.56 Å². The molecule has 2 rings (SSSR count). The fourth-order valence-corrected chi connectivity index (χ4v) is 3.13. The standard InChI is InChI=1S/C12H16N2OS/c1-4-6-9-13-11(15)10-8(5-2)7(3)16-12(10)14-9/h4-6H2,1-3H3,(H,13,14,15). The van der Waals surface area contributed by atoms with Crippen molar-refractivity contribution in [2.75, 3.05) is 0 Å². The lowest BCUT2D eigenvalue weighted by molar-refractivity contribution is 0.838. The normalized spacial score (nSPS) is 11.2. The van der Waals surface area contributed by atoms with Gasteiger partial charge in [-0.15, -0.1) is 11.3 Å². The summed E-state index contributed by atoms with van der Waals surface area (Å²) in [6.07, 6.45) is 2.73. The van der Waals surface area contributed by atoms with Gasteiger partial charge in [-0.05, 0) is 25.3 Å². The van der Waals surface area contributed by atoms with Crippen LogP contribution >= 0.6 is 11.3 Å². The van der Waals surface area contributed by atoms with E-state index in [2.05, 4.69) is 30.7 Å². The molecule has 1 N–H and O–H groups in total. The maximum Gasteiger partial charge on any atom is 0.259 e. The van der Waals surface area contributed by atoms with Crippen LogP contribution in [0.4, 0.5) is 0 Å². The molecule has 0 radical (unpaired) electrons. The molecule has 2 aromatic rings. The van der Waals surface area contributed by atoms with Gasteiger partial charge in [-0.1, -0.05) is 13.8 Å². The predicted octanol–water partition coefficient (Wildman–Crippen LogP) is 2.81. The van der Waals surface area contributed by atoms with Crippen molar-refractivity contribution in [2.45, 2.75) is 40.0 Å². The number of thiophene rings is 1. The fraction of sp³-hybridized carbons (Fsp3) is 0.500. The Kier molecular flexibility index (Phi) is 3.10. The molecule has 4 heteroatoms. The molecule has 0 amide bonds. The van der Waals surface area contributed by atoms with Crippen LogP contribution in [0.3, 0.4) is 0 Å². The molecule has 3 nitrogen and oxygen atoms in total. The van der Waals surface area contributed by atoms with Crippen LogP contribution in [0.15, 0.2) is 4.79 Å². The van der Waals surface area contributed by atoms with Gasteiger partial charge in [0.1, 0.15) is 10.7 Å². The zero-order valence-electron chi connectivity index (χ0n) is 9.89. The zero-order chi connectivity index (χ0) is 11.7. The number of aromatic amines is 1. The molecule has 0 saturated heterocycles. The van der Waals surface area contributed by atoms with Crippen molar-refractivity contribution in [3.8, 4) is 0 Å². The summed E-state index contributed by atoms with van der Waals surface area (Å²) in [6.45, 7) is 6.22. The molecule has 0 spiro atoms. The SMILES string of the molecule is CCCc1nc2sc(C)c(CC)c2c(=O)[nH]1. The van der Waals surface area contributed by atoms with Crippen LogP contribution in [0.5, 0.6) is 0 Å². The van der Waals surface area contributed by atoms with Crippen molar-refractivity contribution in [1.29, 1.82) is 0 Å². The van der Waals surface area contributed by atoms with E-state index < -0.39 is 0 Å². The van der Waals surface area contributed by atoms with Crippen molar-refractivity contribution in [3.63, 3.8) is 0 Å². The van der Waals surface area contributed by atoms with E-state index in [1.807, 2.05) is 0 Å². The number of rotatable bonds is 3. The molecule has 2 heterocycles. The van der Waals surface area contributed by atoms with Crippen LogP contribution < -0.4 is 5.56 Å². The van der Waals surface area contributed by atoms with Gasteiger partial charge in [-0.3, -0.25) is 4.79 Å². The Hall–Kier alpha value is -1.16. The number of fused-ring (bicyclic) bond motifs is 1. The summed E-state index contributed by atoms with van der Waals surface area (Å²) in [5, 5.41) is 0.796. The summed E-state index contributed by atoms with van der Waals surface area (Å²) in [4.78, 5) is 21.5. The molecule has 0 unspecified atom stereocenters. The molecule has 16 heavy (non-hydrogen) atoms.